The van der Waals surface area contributed by atoms with E-state index in [4.69, 9.17) is 9.15 Å². The summed E-state index contributed by atoms with van der Waals surface area (Å²) in [7, 11) is 0. The van der Waals surface area contributed by atoms with Crippen molar-refractivity contribution in [1.82, 2.24) is 14.8 Å². The van der Waals surface area contributed by atoms with E-state index in [0.29, 0.717) is 18.7 Å². The quantitative estimate of drug-likeness (QED) is 0.838. The number of carbonyl (C=O) groups is 2. The third kappa shape index (κ3) is 3.29. The number of nitrogens with zero attached hydrogens (tertiary/aromatic N) is 3. The first-order chi connectivity index (χ1) is 12.7. The summed E-state index contributed by atoms with van der Waals surface area (Å²) in [6.45, 7) is 1.86. The lowest BCUT2D eigenvalue weighted by atomic mass is 10.1. The zero-order valence-corrected chi connectivity index (χ0v) is 14.4. The molecule has 2 saturated heterocycles. The van der Waals surface area contributed by atoms with Gasteiger partial charge in [0.2, 0.25) is 5.91 Å². The Morgan fingerprint density at radius 3 is 2.73 bits per heavy atom. The normalized spacial score (nSPS) is 22.6. The minimum absolute atomic E-state index is 0.000284. The van der Waals surface area contributed by atoms with Gasteiger partial charge in [0.15, 0.2) is 5.76 Å². The molecule has 0 saturated carbocycles. The van der Waals surface area contributed by atoms with Gasteiger partial charge >= 0.3 is 0 Å². The molecule has 4 rings (SSSR count). The maximum absolute atomic E-state index is 13.0. The van der Waals surface area contributed by atoms with Gasteiger partial charge in [0.05, 0.1) is 19.0 Å². The van der Waals surface area contributed by atoms with Crippen molar-refractivity contribution in [2.24, 2.45) is 0 Å². The molecular weight excluding hydrogens is 334 g/mol. The second-order valence-corrected chi connectivity index (χ2v) is 6.65. The van der Waals surface area contributed by atoms with Crippen molar-refractivity contribution < 1.29 is 18.7 Å². The molecule has 2 aromatic rings. The maximum atomic E-state index is 13.0. The Morgan fingerprint density at radius 2 is 2.04 bits per heavy atom. The van der Waals surface area contributed by atoms with Crippen molar-refractivity contribution in [3.8, 4) is 5.75 Å². The molecular formula is C19H21N3O4. The summed E-state index contributed by atoms with van der Waals surface area (Å²) in [4.78, 5) is 33.3. The van der Waals surface area contributed by atoms with E-state index < -0.39 is 6.04 Å². The lowest BCUT2D eigenvalue weighted by Gasteiger charge is -2.26. The van der Waals surface area contributed by atoms with Gasteiger partial charge < -0.3 is 19.0 Å². The predicted molar refractivity (Wildman–Crippen MR) is 92.6 cm³/mol. The number of aromatic nitrogens is 1. The SMILES string of the molecule is O=C([C@@H]1C[C@H](Oc2cccnc2)CN1C(=O)c1ccco1)N1CCCC1. The maximum Gasteiger partial charge on any atom is 0.290 e. The minimum atomic E-state index is -0.521. The van der Waals surface area contributed by atoms with Crippen LogP contribution in [0.15, 0.2) is 47.3 Å². The van der Waals surface area contributed by atoms with Gasteiger partial charge in [-0.05, 0) is 37.1 Å². The first-order valence-corrected chi connectivity index (χ1v) is 8.92. The number of rotatable bonds is 4. The van der Waals surface area contributed by atoms with E-state index in [1.54, 1.807) is 35.5 Å². The van der Waals surface area contributed by atoms with Crippen molar-refractivity contribution in [3.05, 3.63) is 48.7 Å². The fraction of sp³-hybridized carbons (Fsp3) is 0.421. The van der Waals surface area contributed by atoms with E-state index >= 15 is 0 Å². The predicted octanol–water partition coefficient (Wildman–Crippen LogP) is 1.96. The number of hydrogen-bond donors (Lipinski definition) is 0. The summed E-state index contributed by atoms with van der Waals surface area (Å²) in [6, 6.07) is 6.39. The molecule has 0 unspecified atom stereocenters. The first kappa shape index (κ1) is 16.6. The number of pyridine rings is 1. The Bertz CT molecular complexity index is 756. The van der Waals surface area contributed by atoms with Gasteiger partial charge in [-0.25, -0.2) is 0 Å². The standard InChI is InChI=1S/C19H21N3O4/c23-18(21-8-1-2-9-21)16-11-15(26-14-5-3-7-20-12-14)13-22(16)19(24)17-6-4-10-25-17/h3-7,10,12,15-16H,1-2,8-9,11,13H2/t15-,16-/m0/s1. The molecule has 0 N–H and O–H groups in total. The van der Waals surface area contributed by atoms with Gasteiger partial charge in [-0.1, -0.05) is 0 Å². The highest BCUT2D eigenvalue weighted by molar-refractivity contribution is 5.96. The van der Waals surface area contributed by atoms with Crippen LogP contribution in [0.3, 0.4) is 0 Å². The van der Waals surface area contributed by atoms with Crippen LogP contribution in [0.5, 0.6) is 5.75 Å². The zero-order valence-electron chi connectivity index (χ0n) is 14.4. The van der Waals surface area contributed by atoms with Gasteiger partial charge in [0, 0.05) is 25.7 Å². The summed E-state index contributed by atoms with van der Waals surface area (Å²) < 4.78 is 11.2. The van der Waals surface area contributed by atoms with Crippen molar-refractivity contribution in [1.29, 1.82) is 0 Å². The number of ether oxygens (including phenoxy) is 1. The molecule has 0 spiro atoms. The highest BCUT2D eigenvalue weighted by Gasteiger charge is 2.43. The molecule has 2 aromatic heterocycles. The molecule has 136 valence electrons. The van der Waals surface area contributed by atoms with Crippen molar-refractivity contribution in [2.75, 3.05) is 19.6 Å². The van der Waals surface area contributed by atoms with E-state index in [0.717, 1.165) is 25.9 Å². The van der Waals surface area contributed by atoms with Crippen molar-refractivity contribution >= 4 is 11.8 Å². The molecule has 2 atom stereocenters. The van der Waals surface area contributed by atoms with Crippen molar-refractivity contribution in [3.63, 3.8) is 0 Å². The van der Waals surface area contributed by atoms with Gasteiger partial charge in [-0.2, -0.15) is 0 Å². The second kappa shape index (κ2) is 7.19. The number of hydrogen-bond acceptors (Lipinski definition) is 5. The van der Waals surface area contributed by atoms with Gasteiger partial charge in [0.1, 0.15) is 17.9 Å². The van der Waals surface area contributed by atoms with Gasteiger partial charge in [0.25, 0.3) is 5.91 Å². The summed E-state index contributed by atoms with van der Waals surface area (Å²) in [6.07, 6.45) is 7.01. The topological polar surface area (TPSA) is 75.9 Å². The third-order valence-corrected chi connectivity index (χ3v) is 4.90. The lowest BCUT2D eigenvalue weighted by Crippen LogP contribution is -2.46. The molecule has 26 heavy (non-hydrogen) atoms. The van der Waals surface area contributed by atoms with Crippen LogP contribution in [0.4, 0.5) is 0 Å². The Balaban J connectivity index is 1.54. The average Bonchev–Trinajstić information content (AvgIpc) is 3.42. The highest BCUT2D eigenvalue weighted by atomic mass is 16.5. The Labute approximate surface area is 151 Å². The summed E-state index contributed by atoms with van der Waals surface area (Å²) in [5.74, 6) is 0.605. The Kier molecular flexibility index (Phi) is 4.60. The summed E-state index contributed by atoms with van der Waals surface area (Å²) in [5.41, 5.74) is 0. The van der Waals surface area contributed by atoms with Gasteiger partial charge in [-0.3, -0.25) is 14.6 Å². The molecule has 0 radical (unpaired) electrons. The lowest BCUT2D eigenvalue weighted by molar-refractivity contribution is -0.134. The first-order valence-electron chi connectivity index (χ1n) is 8.92. The van der Waals surface area contributed by atoms with Gasteiger partial charge in [-0.15, -0.1) is 0 Å². The van der Waals surface area contributed by atoms with Crippen LogP contribution in [-0.2, 0) is 4.79 Å². The molecule has 0 bridgehead atoms. The monoisotopic (exact) mass is 355 g/mol. The van der Waals surface area contributed by atoms with Crippen LogP contribution < -0.4 is 4.74 Å². The van der Waals surface area contributed by atoms with E-state index in [1.807, 2.05) is 11.0 Å². The van der Waals surface area contributed by atoms with Crippen LogP contribution >= 0.6 is 0 Å². The van der Waals surface area contributed by atoms with E-state index in [1.165, 1.54) is 6.26 Å². The van der Waals surface area contributed by atoms with Crippen LogP contribution in [-0.4, -0.2) is 58.4 Å². The van der Waals surface area contributed by atoms with E-state index in [-0.39, 0.29) is 23.7 Å². The zero-order chi connectivity index (χ0) is 17.9. The van der Waals surface area contributed by atoms with E-state index in [2.05, 4.69) is 4.98 Å². The summed E-state index contributed by atoms with van der Waals surface area (Å²) in [5, 5.41) is 0. The molecule has 7 nitrogen and oxygen atoms in total. The Morgan fingerprint density at radius 1 is 1.19 bits per heavy atom. The molecule has 2 aliphatic rings. The fourth-order valence-electron chi connectivity index (χ4n) is 3.64. The van der Waals surface area contributed by atoms with Crippen LogP contribution in [0.25, 0.3) is 0 Å². The second-order valence-electron chi connectivity index (χ2n) is 6.65. The van der Waals surface area contributed by atoms with Crippen LogP contribution in [0.2, 0.25) is 0 Å². The molecule has 0 aliphatic carbocycles. The average molecular weight is 355 g/mol. The summed E-state index contributed by atoms with van der Waals surface area (Å²) >= 11 is 0. The number of furan rings is 1. The van der Waals surface area contributed by atoms with Crippen molar-refractivity contribution in [2.45, 2.75) is 31.4 Å². The third-order valence-electron chi connectivity index (χ3n) is 4.90. The fourth-order valence-corrected chi connectivity index (χ4v) is 3.64. The van der Waals surface area contributed by atoms with Crippen LogP contribution in [0.1, 0.15) is 29.8 Å². The van der Waals surface area contributed by atoms with Crippen LogP contribution in [0, 0.1) is 0 Å². The minimum Gasteiger partial charge on any atom is -0.487 e. The molecule has 2 aliphatic heterocycles. The van der Waals surface area contributed by atoms with E-state index in [9.17, 15) is 9.59 Å². The number of amides is 2. The largest absolute Gasteiger partial charge is 0.487 e. The molecule has 4 heterocycles. The molecule has 7 heteroatoms. The highest BCUT2D eigenvalue weighted by Crippen LogP contribution is 2.27. The smallest absolute Gasteiger partial charge is 0.290 e. The molecule has 2 fully saturated rings. The Hall–Kier alpha value is -2.83. The molecule has 0 aromatic carbocycles. The number of likely N-dealkylation sites (tertiary alicyclic amines) is 2. The molecule has 2 amide bonds. The number of carbonyl (C=O) groups excluding carboxylic acids is 2.